The highest BCUT2D eigenvalue weighted by atomic mass is 28.4. The molecular formula is C27H48O3Si. The normalized spacial score (nSPS) is 45.4. The SMILES string of the molecule is CC(=O)O[C@H]1CC[C@@]2(C)[C@@H](CC[C@@H]3[C@@H]2CC[C@]2(C)[C@@H](O[Si](C)(C)C(C)(C)C)CC[C@@H]32)C1. The Balaban J connectivity index is 1.49. The van der Waals surface area contributed by atoms with Crippen LogP contribution in [0.3, 0.4) is 0 Å². The Morgan fingerprint density at radius 3 is 2.19 bits per heavy atom. The molecule has 0 aromatic carbocycles. The minimum absolute atomic E-state index is 0.102. The van der Waals surface area contributed by atoms with Crippen molar-refractivity contribution in [3.63, 3.8) is 0 Å². The van der Waals surface area contributed by atoms with Gasteiger partial charge in [-0.1, -0.05) is 34.6 Å². The lowest BCUT2D eigenvalue weighted by atomic mass is 9.45. The second kappa shape index (κ2) is 7.86. The van der Waals surface area contributed by atoms with Gasteiger partial charge in [-0.05, 0) is 110 Å². The summed E-state index contributed by atoms with van der Waals surface area (Å²) in [6, 6.07) is 0. The smallest absolute Gasteiger partial charge is 0.302 e. The summed E-state index contributed by atoms with van der Waals surface area (Å²) >= 11 is 0. The van der Waals surface area contributed by atoms with Gasteiger partial charge >= 0.3 is 5.97 Å². The molecule has 0 aromatic heterocycles. The molecule has 4 fully saturated rings. The Morgan fingerprint density at radius 1 is 0.903 bits per heavy atom. The number of ether oxygens (including phenoxy) is 1. The molecule has 0 heterocycles. The van der Waals surface area contributed by atoms with Crippen molar-refractivity contribution < 1.29 is 14.0 Å². The van der Waals surface area contributed by atoms with Crippen molar-refractivity contribution in [1.82, 2.24) is 0 Å². The highest BCUT2D eigenvalue weighted by Gasteiger charge is 2.61. The van der Waals surface area contributed by atoms with Crippen LogP contribution in [-0.4, -0.2) is 26.5 Å². The first-order valence-electron chi connectivity index (χ1n) is 13.1. The Labute approximate surface area is 192 Å². The van der Waals surface area contributed by atoms with E-state index in [1.54, 1.807) is 6.92 Å². The molecule has 0 spiro atoms. The zero-order valence-electron chi connectivity index (χ0n) is 21.6. The number of hydrogen-bond donors (Lipinski definition) is 0. The molecule has 0 saturated heterocycles. The number of carbonyl (C=O) groups is 1. The molecule has 4 aliphatic rings. The fraction of sp³-hybridized carbons (Fsp3) is 0.963. The van der Waals surface area contributed by atoms with E-state index < -0.39 is 8.32 Å². The van der Waals surface area contributed by atoms with Gasteiger partial charge in [0.1, 0.15) is 6.10 Å². The molecule has 0 amide bonds. The van der Waals surface area contributed by atoms with Gasteiger partial charge in [0.25, 0.3) is 0 Å². The standard InChI is InChI=1S/C27H48O3Si/c1-18(28)29-20-13-15-26(5)19(17-20)9-10-21-22-11-12-24(27(22,6)16-14-23(21)26)30-31(7,8)25(2,3)4/h19-24H,9-17H2,1-8H3/t19-,20-,21-,22-,23-,24-,26-,27-/m0/s1. The van der Waals surface area contributed by atoms with E-state index in [0.29, 0.717) is 16.9 Å². The van der Waals surface area contributed by atoms with Crippen LogP contribution in [0.2, 0.25) is 18.1 Å². The third-order valence-corrected chi connectivity index (χ3v) is 15.6. The fourth-order valence-electron chi connectivity index (χ4n) is 8.24. The van der Waals surface area contributed by atoms with E-state index in [-0.39, 0.29) is 17.1 Å². The zero-order valence-corrected chi connectivity index (χ0v) is 22.6. The molecule has 3 nitrogen and oxygen atoms in total. The molecular weight excluding hydrogens is 400 g/mol. The highest BCUT2D eigenvalue weighted by Crippen LogP contribution is 2.67. The summed E-state index contributed by atoms with van der Waals surface area (Å²) < 4.78 is 12.7. The van der Waals surface area contributed by atoms with Gasteiger partial charge in [0, 0.05) is 6.92 Å². The molecule has 178 valence electrons. The van der Waals surface area contributed by atoms with Gasteiger partial charge in [0.15, 0.2) is 8.32 Å². The number of fused-ring (bicyclic) bond motifs is 5. The highest BCUT2D eigenvalue weighted by molar-refractivity contribution is 6.74. The van der Waals surface area contributed by atoms with Crippen molar-refractivity contribution in [2.45, 2.75) is 130 Å². The van der Waals surface area contributed by atoms with Crippen LogP contribution in [0.1, 0.15) is 99.3 Å². The number of carbonyl (C=O) groups excluding carboxylic acids is 1. The topological polar surface area (TPSA) is 35.5 Å². The number of esters is 1. The number of rotatable bonds is 3. The van der Waals surface area contributed by atoms with Crippen LogP contribution < -0.4 is 0 Å². The van der Waals surface area contributed by atoms with E-state index in [1.807, 2.05) is 0 Å². The monoisotopic (exact) mass is 448 g/mol. The predicted octanol–water partition coefficient (Wildman–Crippen LogP) is 7.35. The van der Waals surface area contributed by atoms with Gasteiger partial charge in [-0.25, -0.2) is 0 Å². The minimum Gasteiger partial charge on any atom is -0.463 e. The lowest BCUT2D eigenvalue weighted by Crippen LogP contribution is -2.56. The van der Waals surface area contributed by atoms with Crippen LogP contribution >= 0.6 is 0 Å². The second-order valence-corrected chi connectivity index (χ2v) is 18.4. The van der Waals surface area contributed by atoms with Crippen molar-refractivity contribution in [3.8, 4) is 0 Å². The largest absolute Gasteiger partial charge is 0.463 e. The molecule has 0 aliphatic heterocycles. The first kappa shape index (κ1) is 23.8. The summed E-state index contributed by atoms with van der Waals surface area (Å²) in [6.45, 7) is 18.7. The summed E-state index contributed by atoms with van der Waals surface area (Å²) in [5.74, 6) is 3.20. The van der Waals surface area contributed by atoms with Crippen molar-refractivity contribution in [3.05, 3.63) is 0 Å². The predicted molar refractivity (Wildman–Crippen MR) is 129 cm³/mol. The first-order valence-corrected chi connectivity index (χ1v) is 16.0. The molecule has 4 rings (SSSR count). The Kier molecular flexibility index (Phi) is 6.03. The summed E-state index contributed by atoms with van der Waals surface area (Å²) in [5, 5.41) is 0.283. The van der Waals surface area contributed by atoms with Crippen molar-refractivity contribution in [1.29, 1.82) is 0 Å². The molecule has 0 unspecified atom stereocenters. The third-order valence-electron chi connectivity index (χ3n) is 11.1. The van der Waals surface area contributed by atoms with Crippen LogP contribution in [0.15, 0.2) is 0 Å². The average Bonchev–Trinajstić information content (AvgIpc) is 2.96. The second-order valence-electron chi connectivity index (χ2n) is 13.7. The van der Waals surface area contributed by atoms with E-state index in [2.05, 4.69) is 47.7 Å². The van der Waals surface area contributed by atoms with E-state index >= 15 is 0 Å². The molecule has 0 N–H and O–H groups in total. The van der Waals surface area contributed by atoms with Gasteiger partial charge in [0.05, 0.1) is 6.10 Å². The third kappa shape index (κ3) is 3.96. The van der Waals surface area contributed by atoms with Crippen molar-refractivity contribution in [2.75, 3.05) is 0 Å². The Bertz CT molecular complexity index is 697. The summed E-state index contributed by atoms with van der Waals surface area (Å²) in [7, 11) is -1.74. The molecule has 8 atom stereocenters. The van der Waals surface area contributed by atoms with E-state index in [0.717, 1.165) is 36.5 Å². The molecule has 31 heavy (non-hydrogen) atoms. The van der Waals surface area contributed by atoms with Gasteiger partial charge in [-0.3, -0.25) is 4.79 Å². The summed E-state index contributed by atoms with van der Waals surface area (Å²) in [5.41, 5.74) is 0.814. The lowest BCUT2D eigenvalue weighted by molar-refractivity contribution is -0.161. The average molecular weight is 449 g/mol. The molecule has 0 radical (unpaired) electrons. The van der Waals surface area contributed by atoms with Crippen molar-refractivity contribution in [2.24, 2.45) is 34.5 Å². The number of hydrogen-bond acceptors (Lipinski definition) is 3. The zero-order chi connectivity index (χ0) is 22.8. The quantitative estimate of drug-likeness (QED) is 0.334. The molecule has 4 heteroatoms. The molecule has 0 aromatic rings. The van der Waals surface area contributed by atoms with Gasteiger partial charge in [0.2, 0.25) is 0 Å². The van der Waals surface area contributed by atoms with Crippen molar-refractivity contribution >= 4 is 14.3 Å². The van der Waals surface area contributed by atoms with Crippen LogP contribution in [0.5, 0.6) is 0 Å². The van der Waals surface area contributed by atoms with E-state index in [4.69, 9.17) is 9.16 Å². The van der Waals surface area contributed by atoms with Crippen LogP contribution in [0.25, 0.3) is 0 Å². The molecule has 0 bridgehead atoms. The summed E-state index contributed by atoms with van der Waals surface area (Å²) in [6.07, 6.45) is 12.1. The molecule has 4 saturated carbocycles. The maximum Gasteiger partial charge on any atom is 0.302 e. The summed E-state index contributed by atoms with van der Waals surface area (Å²) in [4.78, 5) is 11.5. The maximum atomic E-state index is 11.5. The van der Waals surface area contributed by atoms with E-state index in [1.165, 1.54) is 44.9 Å². The van der Waals surface area contributed by atoms with Crippen LogP contribution in [0, 0.1) is 34.5 Å². The van der Waals surface area contributed by atoms with Crippen LogP contribution in [-0.2, 0) is 14.0 Å². The van der Waals surface area contributed by atoms with Gasteiger partial charge in [-0.15, -0.1) is 0 Å². The molecule has 4 aliphatic carbocycles. The lowest BCUT2D eigenvalue weighted by Gasteiger charge is -2.61. The first-order chi connectivity index (χ1) is 14.3. The Morgan fingerprint density at radius 2 is 1.55 bits per heavy atom. The van der Waals surface area contributed by atoms with Crippen LogP contribution in [0.4, 0.5) is 0 Å². The van der Waals surface area contributed by atoms with Gasteiger partial charge < -0.3 is 9.16 Å². The Hall–Kier alpha value is -0.353. The van der Waals surface area contributed by atoms with E-state index in [9.17, 15) is 4.79 Å². The maximum absolute atomic E-state index is 11.5. The van der Waals surface area contributed by atoms with Gasteiger partial charge in [-0.2, -0.15) is 0 Å². The minimum atomic E-state index is -1.74. The fourth-order valence-corrected chi connectivity index (χ4v) is 9.69.